The average Bonchev–Trinajstić information content (AvgIpc) is 3.12. The van der Waals surface area contributed by atoms with Crippen LogP contribution in [-0.4, -0.2) is 37.0 Å². The third-order valence-corrected chi connectivity index (χ3v) is 6.81. The van der Waals surface area contributed by atoms with E-state index in [1.165, 1.54) is 17.8 Å². The van der Waals surface area contributed by atoms with Gasteiger partial charge in [-0.1, -0.05) is 25.5 Å². The van der Waals surface area contributed by atoms with Crippen LogP contribution in [0.25, 0.3) is 21.1 Å². The van der Waals surface area contributed by atoms with Gasteiger partial charge in [0.2, 0.25) is 0 Å². The minimum Gasteiger partial charge on any atom is -0.422 e. The molecule has 29 heavy (non-hydrogen) atoms. The smallest absolute Gasteiger partial charge is 0.345 e. The molecule has 1 amide bonds. The molecule has 0 radical (unpaired) electrons. The number of carbonyl (C=O) groups is 1. The summed E-state index contributed by atoms with van der Waals surface area (Å²) in [5.41, 5.74) is 1.26. The summed E-state index contributed by atoms with van der Waals surface area (Å²) in [6.45, 7) is 10.6. The van der Waals surface area contributed by atoms with Crippen LogP contribution in [0.5, 0.6) is 0 Å². The first-order chi connectivity index (χ1) is 13.9. The Morgan fingerprint density at radius 3 is 2.72 bits per heavy atom. The van der Waals surface area contributed by atoms with E-state index in [0.717, 1.165) is 53.5 Å². The van der Waals surface area contributed by atoms with Gasteiger partial charge in [-0.15, -0.1) is 11.3 Å². The Hall–Kier alpha value is -2.18. The lowest BCUT2D eigenvalue weighted by molar-refractivity contribution is 0.0951. The zero-order valence-electron chi connectivity index (χ0n) is 17.3. The molecule has 1 fully saturated rings. The zero-order chi connectivity index (χ0) is 20.5. The van der Waals surface area contributed by atoms with E-state index in [9.17, 15) is 9.59 Å². The van der Waals surface area contributed by atoms with Gasteiger partial charge in [0, 0.05) is 25.0 Å². The van der Waals surface area contributed by atoms with E-state index in [1.807, 2.05) is 25.1 Å². The minimum absolute atomic E-state index is 0.119. The lowest BCUT2D eigenvalue weighted by Gasteiger charge is -2.34. The standard InChI is InChI=1S/C23H28N2O3S/c1-14-5-6-19-17(10-14)21-18(23(27)28-19)11-20(29-21)22(26)24-7-4-8-25-12-15(2)9-16(3)13-25/h5-6,10-11,15-16H,4,7-9,12-13H2,1-3H3,(H,24,26)/t15-,16-/m0/s1. The van der Waals surface area contributed by atoms with Gasteiger partial charge in [0.05, 0.1) is 15.0 Å². The van der Waals surface area contributed by atoms with Crippen LogP contribution in [0.3, 0.4) is 0 Å². The van der Waals surface area contributed by atoms with Gasteiger partial charge >= 0.3 is 5.63 Å². The first kappa shape index (κ1) is 20.1. The molecule has 5 nitrogen and oxygen atoms in total. The maximum absolute atomic E-state index is 12.6. The largest absolute Gasteiger partial charge is 0.422 e. The number of hydrogen-bond acceptors (Lipinski definition) is 5. The predicted octanol–water partition coefficient (Wildman–Crippen LogP) is 4.41. The molecule has 1 aromatic carbocycles. The van der Waals surface area contributed by atoms with Crippen molar-refractivity contribution in [2.45, 2.75) is 33.6 Å². The molecule has 3 heterocycles. The fourth-order valence-electron chi connectivity index (χ4n) is 4.49. The summed E-state index contributed by atoms with van der Waals surface area (Å²) in [4.78, 5) is 28.0. The Bertz CT molecular complexity index is 1090. The Kier molecular flexibility index (Phi) is 5.74. The van der Waals surface area contributed by atoms with E-state index in [1.54, 1.807) is 6.07 Å². The first-order valence-electron chi connectivity index (χ1n) is 10.4. The van der Waals surface area contributed by atoms with Gasteiger partial charge in [-0.2, -0.15) is 0 Å². The molecule has 0 bridgehead atoms. The second-order valence-electron chi connectivity index (χ2n) is 8.56. The van der Waals surface area contributed by atoms with Crippen molar-refractivity contribution < 1.29 is 9.21 Å². The summed E-state index contributed by atoms with van der Waals surface area (Å²) in [6.07, 6.45) is 2.24. The molecule has 0 saturated carbocycles. The van der Waals surface area contributed by atoms with Crippen molar-refractivity contribution in [1.29, 1.82) is 0 Å². The fourth-order valence-corrected chi connectivity index (χ4v) is 5.57. The second kappa shape index (κ2) is 8.28. The molecule has 0 spiro atoms. The van der Waals surface area contributed by atoms with Crippen LogP contribution >= 0.6 is 11.3 Å². The van der Waals surface area contributed by atoms with Gasteiger partial charge in [0.25, 0.3) is 5.91 Å². The summed E-state index contributed by atoms with van der Waals surface area (Å²) < 4.78 is 6.24. The van der Waals surface area contributed by atoms with E-state index in [4.69, 9.17) is 4.42 Å². The molecule has 1 aliphatic heterocycles. The van der Waals surface area contributed by atoms with Crippen molar-refractivity contribution in [2.24, 2.45) is 11.8 Å². The number of amides is 1. The maximum atomic E-state index is 12.6. The minimum atomic E-state index is -0.389. The number of benzene rings is 1. The van der Waals surface area contributed by atoms with E-state index in [-0.39, 0.29) is 11.5 Å². The van der Waals surface area contributed by atoms with Crippen molar-refractivity contribution in [1.82, 2.24) is 10.2 Å². The molecule has 3 aromatic rings. The van der Waals surface area contributed by atoms with Gasteiger partial charge in [-0.05, 0) is 56.3 Å². The number of hydrogen-bond donors (Lipinski definition) is 1. The molecule has 2 aromatic heterocycles. The molecular weight excluding hydrogens is 384 g/mol. The number of fused-ring (bicyclic) bond motifs is 3. The van der Waals surface area contributed by atoms with Crippen LogP contribution in [0.2, 0.25) is 0 Å². The number of rotatable bonds is 5. The monoisotopic (exact) mass is 412 g/mol. The first-order valence-corrected chi connectivity index (χ1v) is 11.2. The van der Waals surface area contributed by atoms with Crippen LogP contribution < -0.4 is 10.9 Å². The average molecular weight is 413 g/mol. The number of thiophene rings is 1. The van der Waals surface area contributed by atoms with E-state index >= 15 is 0 Å². The molecule has 6 heteroatoms. The quantitative estimate of drug-likeness (QED) is 0.498. The predicted molar refractivity (Wildman–Crippen MR) is 119 cm³/mol. The Morgan fingerprint density at radius 2 is 1.97 bits per heavy atom. The van der Waals surface area contributed by atoms with E-state index in [0.29, 0.717) is 22.4 Å². The number of piperidine rings is 1. The highest BCUT2D eigenvalue weighted by Gasteiger charge is 2.21. The Morgan fingerprint density at radius 1 is 1.21 bits per heavy atom. The highest BCUT2D eigenvalue weighted by molar-refractivity contribution is 7.21. The van der Waals surface area contributed by atoms with Crippen LogP contribution in [0.1, 0.15) is 41.9 Å². The third-order valence-electron chi connectivity index (χ3n) is 5.64. The van der Waals surface area contributed by atoms with Crippen molar-refractivity contribution in [3.05, 3.63) is 45.1 Å². The fraction of sp³-hybridized carbons (Fsp3) is 0.478. The van der Waals surface area contributed by atoms with Crippen molar-refractivity contribution in [3.8, 4) is 0 Å². The molecule has 154 valence electrons. The van der Waals surface area contributed by atoms with Crippen LogP contribution in [0.15, 0.2) is 33.5 Å². The third kappa shape index (κ3) is 4.38. The number of nitrogens with zero attached hydrogens (tertiary/aromatic N) is 1. The highest BCUT2D eigenvalue weighted by Crippen LogP contribution is 2.31. The molecule has 1 N–H and O–H groups in total. The molecule has 0 unspecified atom stereocenters. The van der Waals surface area contributed by atoms with Crippen molar-refractivity contribution >= 4 is 38.3 Å². The molecule has 1 aliphatic rings. The number of carbonyl (C=O) groups excluding carboxylic acids is 1. The SMILES string of the molecule is Cc1ccc2oc(=O)c3cc(C(=O)NCCCN4C[C@@H](C)C[C@H](C)C4)sc3c2c1. The zero-order valence-corrected chi connectivity index (χ0v) is 18.1. The molecule has 4 rings (SSSR count). The Balaban J connectivity index is 1.42. The lowest BCUT2D eigenvalue weighted by Crippen LogP contribution is -2.40. The molecular formula is C23H28N2O3S. The van der Waals surface area contributed by atoms with Crippen molar-refractivity contribution in [3.63, 3.8) is 0 Å². The molecule has 0 aliphatic carbocycles. The van der Waals surface area contributed by atoms with Crippen LogP contribution in [-0.2, 0) is 0 Å². The number of nitrogens with one attached hydrogen (secondary N) is 1. The van der Waals surface area contributed by atoms with Gasteiger partial charge in [0.15, 0.2) is 0 Å². The second-order valence-corrected chi connectivity index (χ2v) is 9.61. The summed E-state index contributed by atoms with van der Waals surface area (Å²) in [5.74, 6) is 1.38. The van der Waals surface area contributed by atoms with E-state index < -0.39 is 0 Å². The van der Waals surface area contributed by atoms with Gasteiger partial charge in [-0.25, -0.2) is 4.79 Å². The number of likely N-dealkylation sites (tertiary alicyclic amines) is 1. The molecule has 2 atom stereocenters. The normalized spacial score (nSPS) is 20.4. The van der Waals surface area contributed by atoms with E-state index in [2.05, 4.69) is 24.1 Å². The van der Waals surface area contributed by atoms with Gasteiger partial charge < -0.3 is 14.6 Å². The topological polar surface area (TPSA) is 62.6 Å². The van der Waals surface area contributed by atoms with Crippen molar-refractivity contribution in [2.75, 3.05) is 26.2 Å². The van der Waals surface area contributed by atoms with Gasteiger partial charge in [-0.3, -0.25) is 4.79 Å². The molecule has 1 saturated heterocycles. The lowest BCUT2D eigenvalue weighted by atomic mass is 9.92. The maximum Gasteiger partial charge on any atom is 0.345 e. The summed E-state index contributed by atoms with van der Waals surface area (Å²) in [6, 6.07) is 7.39. The summed E-state index contributed by atoms with van der Waals surface area (Å²) in [5, 5.41) is 4.38. The van der Waals surface area contributed by atoms with Crippen LogP contribution in [0.4, 0.5) is 0 Å². The Labute approximate surface area is 174 Å². The number of aryl methyl sites for hydroxylation is 1. The summed E-state index contributed by atoms with van der Waals surface area (Å²) >= 11 is 1.36. The van der Waals surface area contributed by atoms with Crippen LogP contribution in [0, 0.1) is 18.8 Å². The van der Waals surface area contributed by atoms with Gasteiger partial charge in [0.1, 0.15) is 5.58 Å². The summed E-state index contributed by atoms with van der Waals surface area (Å²) in [7, 11) is 0. The highest BCUT2D eigenvalue weighted by atomic mass is 32.1.